The number of hydrogen-bond donors (Lipinski definition) is 4. The molecule has 150 valence electrons. The quantitative estimate of drug-likeness (QED) is 0.508. The number of nitrogens with one attached hydrogen (secondary N) is 1. The molecule has 0 radical (unpaired) electrons. The highest BCUT2D eigenvalue weighted by atomic mass is 35.5. The Morgan fingerprint density at radius 1 is 1.11 bits per heavy atom. The van der Waals surface area contributed by atoms with Crippen LogP contribution in [0.4, 0.5) is 4.79 Å². The fourth-order valence-corrected chi connectivity index (χ4v) is 2.79. The highest BCUT2D eigenvalue weighted by Crippen LogP contribution is 2.25. The molecule has 0 spiro atoms. The normalized spacial score (nSPS) is 12.8. The van der Waals surface area contributed by atoms with E-state index in [1.54, 1.807) is 0 Å². The van der Waals surface area contributed by atoms with Gasteiger partial charge in [-0.2, -0.15) is 0 Å². The van der Waals surface area contributed by atoms with Gasteiger partial charge >= 0.3 is 12.1 Å². The van der Waals surface area contributed by atoms with Crippen molar-refractivity contribution in [3.63, 3.8) is 0 Å². The monoisotopic (exact) mass is 407 g/mol. The van der Waals surface area contributed by atoms with Gasteiger partial charge in [-0.1, -0.05) is 54.1 Å². The summed E-state index contributed by atoms with van der Waals surface area (Å²) in [6, 6.07) is 13.7. The number of benzene rings is 2. The van der Waals surface area contributed by atoms with E-state index in [-0.39, 0.29) is 31.0 Å². The highest BCUT2D eigenvalue weighted by Gasteiger charge is 2.20. The zero-order chi connectivity index (χ0) is 20.5. The van der Waals surface area contributed by atoms with Crippen LogP contribution in [0.5, 0.6) is 0 Å². The number of aliphatic hydroxyl groups excluding tert-OH is 2. The number of carboxylic acid groups (broad SMARTS) is 1. The van der Waals surface area contributed by atoms with Crippen molar-refractivity contribution < 1.29 is 29.6 Å². The van der Waals surface area contributed by atoms with Crippen molar-refractivity contribution in [2.75, 3.05) is 6.54 Å². The number of carbonyl (C=O) groups excluding carboxylic acids is 1. The van der Waals surface area contributed by atoms with Gasteiger partial charge in [-0.05, 0) is 29.2 Å². The number of rotatable bonds is 9. The largest absolute Gasteiger partial charge is 0.481 e. The Morgan fingerprint density at radius 3 is 2.46 bits per heavy atom. The fourth-order valence-electron chi connectivity index (χ4n) is 2.53. The molecule has 4 N–H and O–H groups in total. The van der Waals surface area contributed by atoms with Crippen LogP contribution in [-0.2, 0) is 22.6 Å². The second-order valence-electron chi connectivity index (χ2n) is 6.21. The van der Waals surface area contributed by atoms with Crippen molar-refractivity contribution in [3.05, 3.63) is 70.2 Å². The molecule has 0 aromatic heterocycles. The maximum atomic E-state index is 11.7. The molecule has 2 unspecified atom stereocenters. The predicted octanol–water partition coefficient (Wildman–Crippen LogP) is 2.68. The number of aliphatic carboxylic acids is 1. The molecule has 0 saturated carbocycles. The first-order valence-electron chi connectivity index (χ1n) is 8.67. The first-order chi connectivity index (χ1) is 13.4. The van der Waals surface area contributed by atoms with Gasteiger partial charge in [0.15, 0.2) is 0 Å². The summed E-state index contributed by atoms with van der Waals surface area (Å²) in [5, 5.41) is 31.9. The van der Waals surface area contributed by atoms with Crippen molar-refractivity contribution in [1.29, 1.82) is 0 Å². The molecule has 2 aromatic rings. The van der Waals surface area contributed by atoms with Crippen LogP contribution in [0.1, 0.15) is 29.2 Å². The van der Waals surface area contributed by atoms with Crippen LogP contribution < -0.4 is 5.32 Å². The molecule has 0 aliphatic rings. The van der Waals surface area contributed by atoms with Crippen LogP contribution in [0.2, 0.25) is 5.02 Å². The average Bonchev–Trinajstić information content (AvgIpc) is 2.67. The molecule has 0 heterocycles. The molecule has 0 aliphatic heterocycles. The summed E-state index contributed by atoms with van der Waals surface area (Å²) >= 11 is 6.02. The van der Waals surface area contributed by atoms with Crippen LogP contribution in [0.3, 0.4) is 0 Å². The van der Waals surface area contributed by atoms with Crippen molar-refractivity contribution in [2.24, 2.45) is 0 Å². The van der Waals surface area contributed by atoms with Crippen LogP contribution in [0, 0.1) is 0 Å². The van der Waals surface area contributed by atoms with Gasteiger partial charge in [-0.25, -0.2) is 4.79 Å². The van der Waals surface area contributed by atoms with E-state index in [1.165, 1.54) is 18.2 Å². The summed E-state index contributed by atoms with van der Waals surface area (Å²) in [5.74, 6) is -1.01. The molecule has 28 heavy (non-hydrogen) atoms. The van der Waals surface area contributed by atoms with Crippen LogP contribution in [-0.4, -0.2) is 40.0 Å². The third-order valence-corrected chi connectivity index (χ3v) is 4.40. The first kappa shape index (κ1) is 21.7. The zero-order valence-corrected chi connectivity index (χ0v) is 15.8. The van der Waals surface area contributed by atoms with E-state index in [1.807, 2.05) is 30.3 Å². The fraction of sp³-hybridized carbons (Fsp3) is 0.300. The van der Waals surface area contributed by atoms with Gasteiger partial charge in [0.1, 0.15) is 12.7 Å². The Kier molecular flexibility index (Phi) is 8.25. The lowest BCUT2D eigenvalue weighted by Crippen LogP contribution is -2.29. The lowest BCUT2D eigenvalue weighted by molar-refractivity contribution is -0.136. The smallest absolute Gasteiger partial charge is 0.407 e. The van der Waals surface area contributed by atoms with Gasteiger partial charge in [-0.3, -0.25) is 4.79 Å². The number of carbonyl (C=O) groups is 2. The standard InChI is InChI=1S/C20H22ClNO6/c21-16-10-15(7-6-14(16)11-18(24)25)19(26)17(23)8-9-22-20(27)28-12-13-4-2-1-3-5-13/h1-7,10,17,19,23,26H,8-9,11-12H2,(H,22,27)(H,24,25). The van der Waals surface area contributed by atoms with Gasteiger partial charge in [0.05, 0.1) is 12.5 Å². The summed E-state index contributed by atoms with van der Waals surface area (Å²) in [5.41, 5.74) is 1.64. The Bertz CT molecular complexity index is 799. The van der Waals surface area contributed by atoms with Gasteiger partial charge in [0.25, 0.3) is 0 Å². The predicted molar refractivity (Wildman–Crippen MR) is 103 cm³/mol. The van der Waals surface area contributed by atoms with E-state index < -0.39 is 24.3 Å². The van der Waals surface area contributed by atoms with E-state index in [0.717, 1.165) is 5.56 Å². The molecular formula is C20H22ClNO6. The SMILES string of the molecule is O=C(O)Cc1ccc(C(O)C(O)CCNC(=O)OCc2ccccc2)cc1Cl. The highest BCUT2D eigenvalue weighted by molar-refractivity contribution is 6.31. The van der Waals surface area contributed by atoms with Crippen LogP contribution in [0.25, 0.3) is 0 Å². The molecule has 0 saturated heterocycles. The molecule has 7 nitrogen and oxygen atoms in total. The van der Waals surface area contributed by atoms with E-state index in [9.17, 15) is 19.8 Å². The summed E-state index contributed by atoms with van der Waals surface area (Å²) < 4.78 is 5.06. The van der Waals surface area contributed by atoms with Crippen molar-refractivity contribution in [2.45, 2.75) is 31.7 Å². The Hall–Kier alpha value is -2.61. The Balaban J connectivity index is 1.77. The summed E-state index contributed by atoms with van der Waals surface area (Å²) in [7, 11) is 0. The third kappa shape index (κ3) is 6.84. The topological polar surface area (TPSA) is 116 Å². The van der Waals surface area contributed by atoms with Gasteiger partial charge in [0.2, 0.25) is 0 Å². The molecule has 0 fully saturated rings. The van der Waals surface area contributed by atoms with Crippen LogP contribution >= 0.6 is 11.6 Å². The molecular weight excluding hydrogens is 386 g/mol. The molecule has 2 aromatic carbocycles. The lowest BCUT2D eigenvalue weighted by Gasteiger charge is -2.19. The summed E-state index contributed by atoms with van der Waals surface area (Å²) in [6.07, 6.45) is -3.12. The Labute approximate surface area is 167 Å². The number of halogens is 1. The summed E-state index contributed by atoms with van der Waals surface area (Å²) in [6.45, 7) is 0.246. The number of ether oxygens (including phenoxy) is 1. The van der Waals surface area contributed by atoms with E-state index >= 15 is 0 Å². The maximum Gasteiger partial charge on any atom is 0.407 e. The number of amides is 1. The van der Waals surface area contributed by atoms with Gasteiger partial charge < -0.3 is 25.4 Å². The summed E-state index contributed by atoms with van der Waals surface area (Å²) in [4.78, 5) is 22.4. The van der Waals surface area contributed by atoms with E-state index in [2.05, 4.69) is 5.32 Å². The second-order valence-corrected chi connectivity index (χ2v) is 6.62. The number of carboxylic acids is 1. The number of hydrogen-bond acceptors (Lipinski definition) is 5. The minimum absolute atomic E-state index is 0.0934. The Morgan fingerprint density at radius 2 is 1.82 bits per heavy atom. The number of aliphatic hydroxyl groups is 2. The maximum absolute atomic E-state index is 11.7. The number of alkyl carbamates (subject to hydrolysis) is 1. The molecule has 2 atom stereocenters. The van der Waals surface area contributed by atoms with Gasteiger partial charge in [-0.15, -0.1) is 0 Å². The van der Waals surface area contributed by atoms with E-state index in [0.29, 0.717) is 11.1 Å². The molecule has 0 aliphatic carbocycles. The molecule has 8 heteroatoms. The average molecular weight is 408 g/mol. The zero-order valence-electron chi connectivity index (χ0n) is 15.0. The first-order valence-corrected chi connectivity index (χ1v) is 9.05. The molecule has 1 amide bonds. The minimum atomic E-state index is -1.22. The lowest BCUT2D eigenvalue weighted by atomic mass is 10.00. The van der Waals surface area contributed by atoms with E-state index in [4.69, 9.17) is 21.4 Å². The van der Waals surface area contributed by atoms with Crippen molar-refractivity contribution >= 4 is 23.7 Å². The van der Waals surface area contributed by atoms with Crippen molar-refractivity contribution in [1.82, 2.24) is 5.32 Å². The molecule has 2 rings (SSSR count). The van der Waals surface area contributed by atoms with Gasteiger partial charge in [0, 0.05) is 11.6 Å². The van der Waals surface area contributed by atoms with Crippen molar-refractivity contribution in [3.8, 4) is 0 Å². The molecule has 0 bridgehead atoms. The van der Waals surface area contributed by atoms with Crippen LogP contribution in [0.15, 0.2) is 48.5 Å². The second kappa shape index (κ2) is 10.7. The third-order valence-electron chi connectivity index (χ3n) is 4.05. The minimum Gasteiger partial charge on any atom is -0.481 e.